The summed E-state index contributed by atoms with van der Waals surface area (Å²) in [7, 11) is 0. The molecule has 3 aromatic rings. The molecule has 1 aromatic carbocycles. The van der Waals surface area contributed by atoms with Gasteiger partial charge >= 0.3 is 5.91 Å². The molecule has 4 nitrogen and oxygen atoms in total. The second-order valence-electron chi connectivity index (χ2n) is 5.77. The Morgan fingerprint density at radius 2 is 1.92 bits per heavy atom. The summed E-state index contributed by atoms with van der Waals surface area (Å²) in [5.74, 6) is -0.226. The minimum absolute atomic E-state index is 0.145. The van der Waals surface area contributed by atoms with E-state index in [0.29, 0.717) is 11.3 Å². The first-order valence-corrected chi connectivity index (χ1v) is 8.74. The number of pyridine rings is 1. The van der Waals surface area contributed by atoms with Crippen molar-refractivity contribution in [1.82, 2.24) is 4.90 Å². The Balaban J connectivity index is 1.80. The van der Waals surface area contributed by atoms with Crippen molar-refractivity contribution in [3.63, 3.8) is 0 Å². The highest BCUT2D eigenvalue weighted by molar-refractivity contribution is 7.10. The summed E-state index contributed by atoms with van der Waals surface area (Å²) in [6.07, 6.45) is 2.19. The first-order chi connectivity index (χ1) is 11.8. The van der Waals surface area contributed by atoms with Crippen LogP contribution in [-0.4, -0.2) is 17.4 Å². The molecule has 1 atom stereocenters. The van der Waals surface area contributed by atoms with Gasteiger partial charge in [-0.3, -0.25) is 4.79 Å². The molecule has 0 N–H and O–H groups in total. The Labute approximate surface area is 144 Å². The largest absolute Gasteiger partial charge is 0.618 e. The smallest absolute Gasteiger partial charge is 0.320 e. The number of carbonyl (C=O) groups excluding carboxylic acids is 1. The molecule has 1 amide bonds. The molecule has 3 heterocycles. The van der Waals surface area contributed by atoms with Crippen LogP contribution in [0.3, 0.4) is 0 Å². The lowest BCUT2D eigenvalue weighted by Crippen LogP contribution is -2.45. The molecule has 0 bridgehead atoms. The van der Waals surface area contributed by atoms with Crippen molar-refractivity contribution in [3.05, 3.63) is 93.1 Å². The molecular formula is C19H16N2O2S. The average Bonchev–Trinajstić information content (AvgIpc) is 3.10. The third-order valence-electron chi connectivity index (χ3n) is 4.39. The molecular weight excluding hydrogens is 320 g/mol. The second kappa shape index (κ2) is 6.09. The molecule has 120 valence electrons. The molecule has 2 aromatic heterocycles. The predicted octanol–water partition coefficient (Wildman–Crippen LogP) is 3.17. The minimum Gasteiger partial charge on any atom is -0.618 e. The number of hydrogen-bond donors (Lipinski definition) is 0. The van der Waals surface area contributed by atoms with Crippen LogP contribution in [0.2, 0.25) is 0 Å². The number of amides is 1. The van der Waals surface area contributed by atoms with Gasteiger partial charge in [-0.15, -0.1) is 11.3 Å². The topological polar surface area (TPSA) is 47.2 Å². The number of rotatable bonds is 2. The number of nitrogens with zero attached hydrogens (tertiary/aromatic N) is 2. The molecule has 4 rings (SSSR count). The van der Waals surface area contributed by atoms with E-state index in [1.54, 1.807) is 29.5 Å². The maximum atomic E-state index is 13.0. The lowest BCUT2D eigenvalue weighted by Gasteiger charge is -2.35. The van der Waals surface area contributed by atoms with Gasteiger partial charge in [0.05, 0.1) is 6.04 Å². The Bertz CT molecular complexity index is 876. The van der Waals surface area contributed by atoms with Crippen LogP contribution in [-0.2, 0) is 6.42 Å². The van der Waals surface area contributed by atoms with Crippen LogP contribution in [0.5, 0.6) is 0 Å². The fourth-order valence-electron chi connectivity index (χ4n) is 3.27. The van der Waals surface area contributed by atoms with Gasteiger partial charge in [0.2, 0.25) is 0 Å². The molecule has 1 aliphatic heterocycles. The molecule has 0 saturated carbocycles. The maximum absolute atomic E-state index is 13.0. The number of fused-ring (bicyclic) bond motifs is 1. The van der Waals surface area contributed by atoms with Crippen LogP contribution in [0.15, 0.2) is 66.2 Å². The monoisotopic (exact) mass is 336 g/mol. The van der Waals surface area contributed by atoms with Crippen molar-refractivity contribution >= 4 is 17.2 Å². The zero-order valence-electron chi connectivity index (χ0n) is 13.0. The number of benzene rings is 1. The fourth-order valence-corrected chi connectivity index (χ4v) is 4.17. The normalized spacial score (nSPS) is 16.7. The van der Waals surface area contributed by atoms with Gasteiger partial charge in [0.1, 0.15) is 0 Å². The SMILES string of the molecule is O=C(c1cccc[n+]1[O-])N1CCc2sccc2C1c1ccccc1. The molecule has 1 aliphatic rings. The minimum atomic E-state index is -0.226. The van der Waals surface area contributed by atoms with Gasteiger partial charge in [0.25, 0.3) is 5.69 Å². The van der Waals surface area contributed by atoms with Gasteiger partial charge in [0.15, 0.2) is 6.20 Å². The molecule has 5 heteroatoms. The van der Waals surface area contributed by atoms with Crippen molar-refractivity contribution in [3.8, 4) is 0 Å². The summed E-state index contributed by atoms with van der Waals surface area (Å²) in [6.45, 7) is 0.612. The third kappa shape index (κ3) is 2.47. The average molecular weight is 336 g/mol. The van der Waals surface area contributed by atoms with Crippen molar-refractivity contribution in [1.29, 1.82) is 0 Å². The second-order valence-corrected chi connectivity index (χ2v) is 6.77. The van der Waals surface area contributed by atoms with Gasteiger partial charge in [0, 0.05) is 23.6 Å². The zero-order chi connectivity index (χ0) is 16.5. The lowest BCUT2D eigenvalue weighted by atomic mass is 9.93. The van der Waals surface area contributed by atoms with Crippen LogP contribution < -0.4 is 4.73 Å². The van der Waals surface area contributed by atoms with E-state index in [2.05, 4.69) is 11.4 Å². The summed E-state index contributed by atoms with van der Waals surface area (Å²) >= 11 is 1.73. The standard InChI is InChI=1S/C19H16N2O2S/c22-19(16-8-4-5-11-21(16)23)20-12-9-17-15(10-13-24-17)18(20)14-6-2-1-3-7-14/h1-8,10-11,13,18H,9,12H2. The van der Waals surface area contributed by atoms with Gasteiger partial charge in [-0.2, -0.15) is 4.73 Å². The van der Waals surface area contributed by atoms with Crippen LogP contribution >= 0.6 is 11.3 Å². The lowest BCUT2D eigenvalue weighted by molar-refractivity contribution is -0.608. The van der Waals surface area contributed by atoms with E-state index in [-0.39, 0.29) is 17.6 Å². The van der Waals surface area contributed by atoms with E-state index in [0.717, 1.165) is 12.0 Å². The van der Waals surface area contributed by atoms with E-state index in [9.17, 15) is 10.0 Å². The third-order valence-corrected chi connectivity index (χ3v) is 5.38. The predicted molar refractivity (Wildman–Crippen MR) is 92.7 cm³/mol. The molecule has 0 spiro atoms. The van der Waals surface area contributed by atoms with Gasteiger partial charge in [-0.05, 0) is 35.1 Å². The number of aromatic nitrogens is 1. The highest BCUT2D eigenvalue weighted by atomic mass is 32.1. The van der Waals surface area contributed by atoms with Gasteiger partial charge in [-0.1, -0.05) is 30.3 Å². The van der Waals surface area contributed by atoms with E-state index in [4.69, 9.17) is 0 Å². The Kier molecular flexibility index (Phi) is 3.78. The van der Waals surface area contributed by atoms with Crippen molar-refractivity contribution in [2.24, 2.45) is 0 Å². The van der Waals surface area contributed by atoms with Crippen LogP contribution in [0, 0.1) is 5.21 Å². The molecule has 1 unspecified atom stereocenters. The van der Waals surface area contributed by atoms with Crippen LogP contribution in [0.1, 0.15) is 32.5 Å². The number of thiophene rings is 1. The summed E-state index contributed by atoms with van der Waals surface area (Å²) in [5, 5.41) is 14.1. The van der Waals surface area contributed by atoms with Crippen molar-refractivity contribution in [2.45, 2.75) is 12.5 Å². The van der Waals surface area contributed by atoms with Crippen molar-refractivity contribution in [2.75, 3.05) is 6.54 Å². The number of carbonyl (C=O) groups is 1. The maximum Gasteiger partial charge on any atom is 0.320 e. The molecule has 0 saturated heterocycles. The summed E-state index contributed by atoms with van der Waals surface area (Å²) in [4.78, 5) is 16.2. The van der Waals surface area contributed by atoms with E-state index >= 15 is 0 Å². The van der Waals surface area contributed by atoms with Crippen LogP contribution in [0.4, 0.5) is 0 Å². The highest BCUT2D eigenvalue weighted by Crippen LogP contribution is 2.38. The number of hydrogen-bond acceptors (Lipinski definition) is 3. The quantitative estimate of drug-likeness (QED) is 0.533. The van der Waals surface area contributed by atoms with Crippen molar-refractivity contribution < 1.29 is 9.52 Å². The highest BCUT2D eigenvalue weighted by Gasteiger charge is 2.35. The summed E-state index contributed by atoms with van der Waals surface area (Å²) in [5.41, 5.74) is 2.40. The summed E-state index contributed by atoms with van der Waals surface area (Å²) in [6, 6.07) is 16.9. The molecule has 24 heavy (non-hydrogen) atoms. The zero-order valence-corrected chi connectivity index (χ0v) is 13.8. The van der Waals surface area contributed by atoms with Crippen LogP contribution in [0.25, 0.3) is 0 Å². The van der Waals surface area contributed by atoms with Gasteiger partial charge < -0.3 is 10.1 Å². The van der Waals surface area contributed by atoms with E-state index < -0.39 is 0 Å². The first-order valence-electron chi connectivity index (χ1n) is 7.86. The molecule has 0 radical (unpaired) electrons. The Morgan fingerprint density at radius 1 is 1.12 bits per heavy atom. The van der Waals surface area contributed by atoms with Gasteiger partial charge in [-0.25, -0.2) is 0 Å². The van der Waals surface area contributed by atoms with E-state index in [1.165, 1.54) is 16.6 Å². The Hall–Kier alpha value is -2.66. The fraction of sp³-hybridized carbons (Fsp3) is 0.158. The molecule has 0 fully saturated rings. The first kappa shape index (κ1) is 14.9. The van der Waals surface area contributed by atoms with E-state index in [1.807, 2.05) is 35.2 Å². The molecule has 0 aliphatic carbocycles. The summed E-state index contributed by atoms with van der Waals surface area (Å²) < 4.78 is 0.646. The Morgan fingerprint density at radius 3 is 2.71 bits per heavy atom.